The third kappa shape index (κ3) is 3.45. The Kier molecular flexibility index (Phi) is 4.89. The van der Waals surface area contributed by atoms with Crippen LogP contribution in [0, 0.1) is 0 Å². The van der Waals surface area contributed by atoms with Crippen LogP contribution in [0.15, 0.2) is 24.0 Å². The summed E-state index contributed by atoms with van der Waals surface area (Å²) >= 11 is 1.61. The topological polar surface area (TPSA) is 59.8 Å². The number of aromatic nitrogens is 3. The molecule has 0 spiro atoms. The Bertz CT molecular complexity index is 547. The van der Waals surface area contributed by atoms with Gasteiger partial charge in [-0.2, -0.15) is 0 Å². The normalized spacial score (nSPS) is 12.6. The Morgan fingerprint density at radius 2 is 2.15 bits per heavy atom. The molecule has 0 aliphatic rings. The highest BCUT2D eigenvalue weighted by Gasteiger charge is 2.18. The van der Waals surface area contributed by atoms with Crippen LogP contribution in [-0.4, -0.2) is 27.0 Å². The van der Waals surface area contributed by atoms with Gasteiger partial charge in [0.1, 0.15) is 11.9 Å². The van der Waals surface area contributed by atoms with E-state index >= 15 is 0 Å². The minimum Gasteiger partial charge on any atom is -0.354 e. The van der Waals surface area contributed by atoms with Gasteiger partial charge in [-0.05, 0) is 6.92 Å². The Hall–Kier alpha value is -1.69. The van der Waals surface area contributed by atoms with E-state index in [1.807, 2.05) is 23.1 Å². The molecular formula is C14H20N4OS. The molecule has 0 aromatic carbocycles. The van der Waals surface area contributed by atoms with Crippen LogP contribution in [0.2, 0.25) is 0 Å². The summed E-state index contributed by atoms with van der Waals surface area (Å²) in [5.41, 5.74) is 0. The average Bonchev–Trinajstić information content (AvgIpc) is 3.08. The molecule has 1 N–H and O–H groups in total. The van der Waals surface area contributed by atoms with E-state index in [9.17, 15) is 4.79 Å². The van der Waals surface area contributed by atoms with Crippen LogP contribution in [0.25, 0.3) is 0 Å². The van der Waals surface area contributed by atoms with Crippen molar-refractivity contribution in [2.45, 2.75) is 39.2 Å². The summed E-state index contributed by atoms with van der Waals surface area (Å²) in [6, 6.07) is -0.244. The van der Waals surface area contributed by atoms with Gasteiger partial charge in [0, 0.05) is 42.9 Å². The molecule has 20 heavy (non-hydrogen) atoms. The van der Waals surface area contributed by atoms with Crippen LogP contribution in [0.3, 0.4) is 0 Å². The van der Waals surface area contributed by atoms with E-state index in [0.29, 0.717) is 12.5 Å². The molecule has 1 amide bonds. The second kappa shape index (κ2) is 6.65. The molecule has 0 radical (unpaired) electrons. The van der Waals surface area contributed by atoms with E-state index in [1.165, 1.54) is 0 Å². The van der Waals surface area contributed by atoms with Gasteiger partial charge in [-0.25, -0.2) is 9.97 Å². The molecule has 0 saturated carbocycles. The number of imidazole rings is 1. The molecule has 2 aromatic heterocycles. The lowest BCUT2D eigenvalue weighted by atomic mass is 10.2. The lowest BCUT2D eigenvalue weighted by Gasteiger charge is -2.17. The molecule has 1 atom stereocenters. The summed E-state index contributed by atoms with van der Waals surface area (Å²) < 4.78 is 1.93. The molecule has 108 valence electrons. The highest BCUT2D eigenvalue weighted by atomic mass is 32.1. The maximum atomic E-state index is 12.2. The minimum atomic E-state index is -0.244. The molecule has 0 saturated heterocycles. The van der Waals surface area contributed by atoms with Crippen molar-refractivity contribution in [1.82, 2.24) is 19.9 Å². The van der Waals surface area contributed by atoms with Gasteiger partial charge < -0.3 is 9.88 Å². The molecule has 6 heteroatoms. The first-order valence-corrected chi connectivity index (χ1v) is 7.66. The van der Waals surface area contributed by atoms with Crippen molar-refractivity contribution in [3.8, 4) is 0 Å². The van der Waals surface area contributed by atoms with E-state index in [0.717, 1.165) is 17.3 Å². The highest BCUT2D eigenvalue weighted by molar-refractivity contribution is 7.09. The van der Waals surface area contributed by atoms with Crippen molar-refractivity contribution in [2.24, 2.45) is 0 Å². The smallest absolute Gasteiger partial charge is 0.242 e. The number of thiazole rings is 1. The van der Waals surface area contributed by atoms with Gasteiger partial charge in [-0.3, -0.25) is 4.79 Å². The predicted octanol–water partition coefficient (Wildman–Crippen LogP) is 2.38. The number of hydrogen-bond acceptors (Lipinski definition) is 4. The summed E-state index contributed by atoms with van der Waals surface area (Å²) in [6.07, 6.45) is 6.16. The maximum Gasteiger partial charge on any atom is 0.242 e. The Balaban J connectivity index is 1.90. The van der Waals surface area contributed by atoms with E-state index in [4.69, 9.17) is 0 Å². The van der Waals surface area contributed by atoms with E-state index in [2.05, 4.69) is 29.1 Å². The standard InChI is InChI=1S/C14H20N4OS/c1-10(2)13-16-6-8-18(13)11(3)14(19)17-5-4-12-15-7-9-20-12/h6-11H,4-5H2,1-3H3,(H,17,19)/t11-/m1/s1. The fourth-order valence-corrected chi connectivity index (χ4v) is 2.66. The van der Waals surface area contributed by atoms with Crippen molar-refractivity contribution in [2.75, 3.05) is 6.54 Å². The molecule has 0 unspecified atom stereocenters. The van der Waals surface area contributed by atoms with Gasteiger partial charge in [0.25, 0.3) is 0 Å². The number of amides is 1. The number of nitrogens with zero attached hydrogens (tertiary/aromatic N) is 3. The summed E-state index contributed by atoms with van der Waals surface area (Å²) in [4.78, 5) is 20.7. The van der Waals surface area contributed by atoms with E-state index in [1.54, 1.807) is 23.7 Å². The van der Waals surface area contributed by atoms with Crippen molar-refractivity contribution in [3.63, 3.8) is 0 Å². The highest BCUT2D eigenvalue weighted by Crippen LogP contribution is 2.17. The average molecular weight is 292 g/mol. The maximum absolute atomic E-state index is 12.2. The molecule has 0 bridgehead atoms. The lowest BCUT2D eigenvalue weighted by molar-refractivity contribution is -0.123. The number of nitrogens with one attached hydrogen (secondary N) is 1. The Morgan fingerprint density at radius 1 is 1.35 bits per heavy atom. The monoisotopic (exact) mass is 292 g/mol. The van der Waals surface area contributed by atoms with Gasteiger partial charge in [0.05, 0.1) is 5.01 Å². The summed E-state index contributed by atoms with van der Waals surface area (Å²) in [7, 11) is 0. The largest absolute Gasteiger partial charge is 0.354 e. The zero-order valence-corrected chi connectivity index (χ0v) is 12.9. The molecule has 0 aliphatic carbocycles. The van der Waals surface area contributed by atoms with Gasteiger partial charge in [-0.1, -0.05) is 13.8 Å². The van der Waals surface area contributed by atoms with Gasteiger partial charge >= 0.3 is 0 Å². The van der Waals surface area contributed by atoms with Gasteiger partial charge in [0.2, 0.25) is 5.91 Å². The molecule has 2 aromatic rings. The molecule has 2 rings (SSSR count). The van der Waals surface area contributed by atoms with Crippen molar-refractivity contribution in [1.29, 1.82) is 0 Å². The fourth-order valence-electron chi connectivity index (χ4n) is 2.04. The second-order valence-corrected chi connectivity index (χ2v) is 5.97. The van der Waals surface area contributed by atoms with Crippen LogP contribution in [0.5, 0.6) is 0 Å². The van der Waals surface area contributed by atoms with Crippen LogP contribution in [0.1, 0.15) is 43.6 Å². The van der Waals surface area contributed by atoms with Gasteiger partial charge in [0.15, 0.2) is 0 Å². The van der Waals surface area contributed by atoms with Crippen LogP contribution < -0.4 is 5.32 Å². The van der Waals surface area contributed by atoms with Crippen LogP contribution >= 0.6 is 11.3 Å². The number of carbonyl (C=O) groups excluding carboxylic acids is 1. The Morgan fingerprint density at radius 3 is 2.80 bits per heavy atom. The Labute approximate surface area is 123 Å². The first kappa shape index (κ1) is 14.7. The van der Waals surface area contributed by atoms with Crippen molar-refractivity contribution >= 4 is 17.2 Å². The summed E-state index contributed by atoms with van der Waals surface area (Å²) in [5.74, 6) is 1.25. The predicted molar refractivity (Wildman–Crippen MR) is 79.9 cm³/mol. The zero-order chi connectivity index (χ0) is 14.5. The molecule has 0 fully saturated rings. The molecule has 5 nitrogen and oxygen atoms in total. The van der Waals surface area contributed by atoms with Gasteiger partial charge in [-0.15, -0.1) is 11.3 Å². The van der Waals surface area contributed by atoms with E-state index < -0.39 is 0 Å². The third-order valence-corrected chi connectivity index (χ3v) is 3.97. The number of rotatable bonds is 6. The first-order chi connectivity index (χ1) is 9.59. The first-order valence-electron chi connectivity index (χ1n) is 6.78. The zero-order valence-electron chi connectivity index (χ0n) is 12.0. The summed E-state index contributed by atoms with van der Waals surface area (Å²) in [5, 5.41) is 5.94. The molecule has 0 aliphatic heterocycles. The second-order valence-electron chi connectivity index (χ2n) is 4.99. The third-order valence-electron chi connectivity index (χ3n) is 3.13. The molecule has 2 heterocycles. The quantitative estimate of drug-likeness (QED) is 0.889. The summed E-state index contributed by atoms with van der Waals surface area (Å²) in [6.45, 7) is 6.66. The fraction of sp³-hybridized carbons (Fsp3) is 0.500. The minimum absolute atomic E-state index is 0.0152. The van der Waals surface area contributed by atoms with Crippen LogP contribution in [0.4, 0.5) is 0 Å². The van der Waals surface area contributed by atoms with Crippen molar-refractivity contribution in [3.05, 3.63) is 34.8 Å². The van der Waals surface area contributed by atoms with Crippen molar-refractivity contribution < 1.29 is 4.79 Å². The van der Waals surface area contributed by atoms with Crippen LogP contribution in [-0.2, 0) is 11.2 Å². The number of carbonyl (C=O) groups is 1. The molecular weight excluding hydrogens is 272 g/mol. The van der Waals surface area contributed by atoms with E-state index in [-0.39, 0.29) is 11.9 Å². The lowest BCUT2D eigenvalue weighted by Crippen LogP contribution is -2.33. The SMILES string of the molecule is CC(C)c1nccn1[C@H](C)C(=O)NCCc1nccs1. The number of hydrogen-bond donors (Lipinski definition) is 1.